The lowest BCUT2D eigenvalue weighted by atomic mass is 10.2. The molecule has 0 aliphatic rings. The van der Waals surface area contributed by atoms with Gasteiger partial charge in [-0.05, 0) is 15.9 Å². The molecule has 0 aliphatic carbocycles. The Morgan fingerprint density at radius 3 is 2.79 bits per heavy atom. The van der Waals surface area contributed by atoms with E-state index in [0.717, 1.165) is 0 Å². The van der Waals surface area contributed by atoms with Crippen LogP contribution in [-0.2, 0) is 9.53 Å². The molecule has 0 atom stereocenters. The maximum Gasteiger partial charge on any atom is 0.305 e. The van der Waals surface area contributed by atoms with Crippen LogP contribution >= 0.6 is 27.3 Å². The topological polar surface area (TPSA) is 56.3 Å². The van der Waals surface area contributed by atoms with Gasteiger partial charge in [0.25, 0.3) is 0 Å². The Morgan fingerprint density at radius 1 is 1.57 bits per heavy atom. The predicted molar refractivity (Wildman–Crippen MR) is 55.4 cm³/mol. The van der Waals surface area contributed by atoms with E-state index in [1.165, 1.54) is 18.4 Å². The standard InChI is InChI=1S/C8H8BrNO3S/c1-13-7(12)3-2-5(11)8-10-6(9)4-14-8/h4H,2-3H2,1H3. The van der Waals surface area contributed by atoms with Crippen LogP contribution in [0.1, 0.15) is 22.6 Å². The summed E-state index contributed by atoms with van der Waals surface area (Å²) in [5.41, 5.74) is 0. The van der Waals surface area contributed by atoms with Crippen LogP contribution in [0, 0.1) is 0 Å². The number of methoxy groups -OCH3 is 1. The first-order valence-corrected chi connectivity index (χ1v) is 5.52. The smallest absolute Gasteiger partial charge is 0.305 e. The Labute approximate surface area is 93.4 Å². The molecule has 0 radical (unpaired) electrons. The van der Waals surface area contributed by atoms with Crippen molar-refractivity contribution in [1.82, 2.24) is 4.98 Å². The third-order valence-corrected chi connectivity index (χ3v) is 3.09. The number of hydrogen-bond acceptors (Lipinski definition) is 5. The summed E-state index contributed by atoms with van der Waals surface area (Å²) in [5, 5.41) is 2.14. The molecule has 1 aromatic heterocycles. The lowest BCUT2D eigenvalue weighted by molar-refractivity contribution is -0.140. The van der Waals surface area contributed by atoms with Crippen LogP contribution in [0.4, 0.5) is 0 Å². The second kappa shape index (κ2) is 5.21. The van der Waals surface area contributed by atoms with E-state index in [1.807, 2.05) is 0 Å². The number of nitrogens with zero attached hydrogens (tertiary/aromatic N) is 1. The van der Waals surface area contributed by atoms with Crippen LogP contribution in [0.15, 0.2) is 9.98 Å². The zero-order valence-corrected chi connectivity index (χ0v) is 9.85. The average molecular weight is 278 g/mol. The van der Waals surface area contributed by atoms with E-state index in [4.69, 9.17) is 0 Å². The van der Waals surface area contributed by atoms with Gasteiger partial charge >= 0.3 is 5.97 Å². The normalized spacial score (nSPS) is 9.86. The number of thiazole rings is 1. The summed E-state index contributed by atoms with van der Waals surface area (Å²) in [6, 6.07) is 0. The number of carbonyl (C=O) groups excluding carboxylic acids is 2. The second-order valence-electron chi connectivity index (χ2n) is 2.47. The number of aromatic nitrogens is 1. The van der Waals surface area contributed by atoms with Crippen molar-refractivity contribution in [3.8, 4) is 0 Å². The highest BCUT2D eigenvalue weighted by molar-refractivity contribution is 9.10. The van der Waals surface area contributed by atoms with Gasteiger partial charge in [-0.2, -0.15) is 0 Å². The minimum Gasteiger partial charge on any atom is -0.469 e. The van der Waals surface area contributed by atoms with Gasteiger partial charge in [0.2, 0.25) is 0 Å². The van der Waals surface area contributed by atoms with Crippen molar-refractivity contribution < 1.29 is 14.3 Å². The van der Waals surface area contributed by atoms with Crippen molar-refractivity contribution in [2.24, 2.45) is 0 Å². The number of esters is 1. The molecule has 76 valence electrons. The maximum atomic E-state index is 11.4. The van der Waals surface area contributed by atoms with Crippen LogP contribution in [0.2, 0.25) is 0 Å². The Bertz CT molecular complexity index is 350. The van der Waals surface area contributed by atoms with E-state index >= 15 is 0 Å². The van der Waals surface area contributed by atoms with Crippen molar-refractivity contribution in [1.29, 1.82) is 0 Å². The molecule has 14 heavy (non-hydrogen) atoms. The van der Waals surface area contributed by atoms with Crippen molar-refractivity contribution in [2.75, 3.05) is 7.11 Å². The van der Waals surface area contributed by atoms with Gasteiger partial charge in [-0.3, -0.25) is 9.59 Å². The van der Waals surface area contributed by atoms with Crippen LogP contribution in [0.5, 0.6) is 0 Å². The van der Waals surface area contributed by atoms with Gasteiger partial charge in [-0.25, -0.2) is 4.98 Å². The molecule has 0 fully saturated rings. The molecule has 0 aromatic carbocycles. The van der Waals surface area contributed by atoms with Crippen molar-refractivity contribution in [2.45, 2.75) is 12.8 Å². The minimum atomic E-state index is -0.381. The number of halogens is 1. The Balaban J connectivity index is 2.47. The minimum absolute atomic E-state index is 0.104. The molecular weight excluding hydrogens is 270 g/mol. The summed E-state index contributed by atoms with van der Waals surface area (Å²) in [7, 11) is 1.30. The third kappa shape index (κ3) is 3.19. The summed E-state index contributed by atoms with van der Waals surface area (Å²) in [5.74, 6) is -0.514. The van der Waals surface area contributed by atoms with Gasteiger partial charge in [0.15, 0.2) is 10.8 Å². The van der Waals surface area contributed by atoms with Crippen molar-refractivity contribution in [3.05, 3.63) is 15.0 Å². The summed E-state index contributed by atoms with van der Waals surface area (Å²) >= 11 is 4.41. The van der Waals surface area contributed by atoms with Crippen LogP contribution < -0.4 is 0 Å². The van der Waals surface area contributed by atoms with E-state index in [2.05, 4.69) is 25.7 Å². The van der Waals surface area contributed by atoms with Gasteiger partial charge in [0.1, 0.15) is 4.60 Å². The van der Waals surface area contributed by atoms with Crippen LogP contribution in [0.25, 0.3) is 0 Å². The highest BCUT2D eigenvalue weighted by atomic mass is 79.9. The molecule has 0 aliphatic heterocycles. The molecule has 0 saturated carbocycles. The second-order valence-corrected chi connectivity index (χ2v) is 4.15. The maximum absolute atomic E-state index is 11.4. The number of hydrogen-bond donors (Lipinski definition) is 0. The zero-order chi connectivity index (χ0) is 10.6. The number of carbonyl (C=O) groups is 2. The molecule has 0 saturated heterocycles. The number of Topliss-reactive ketones (excluding diaryl/α,β-unsaturated/α-hetero) is 1. The van der Waals surface area contributed by atoms with Gasteiger partial charge in [-0.15, -0.1) is 11.3 Å². The monoisotopic (exact) mass is 277 g/mol. The fraction of sp³-hybridized carbons (Fsp3) is 0.375. The molecule has 0 unspecified atom stereocenters. The predicted octanol–water partition coefficient (Wildman–Crippen LogP) is 2.04. The molecule has 0 amide bonds. The van der Waals surface area contributed by atoms with Gasteiger partial charge in [0.05, 0.1) is 13.5 Å². The first-order valence-electron chi connectivity index (χ1n) is 3.84. The zero-order valence-electron chi connectivity index (χ0n) is 7.45. The number of rotatable bonds is 4. The largest absolute Gasteiger partial charge is 0.469 e. The highest BCUT2D eigenvalue weighted by Gasteiger charge is 2.12. The van der Waals surface area contributed by atoms with E-state index < -0.39 is 0 Å². The average Bonchev–Trinajstić information content (AvgIpc) is 2.60. The fourth-order valence-corrected chi connectivity index (χ4v) is 2.03. The highest BCUT2D eigenvalue weighted by Crippen LogP contribution is 2.16. The molecule has 0 spiro atoms. The Hall–Kier alpha value is -0.750. The Kier molecular flexibility index (Phi) is 4.21. The van der Waals surface area contributed by atoms with E-state index in [-0.39, 0.29) is 24.6 Å². The van der Waals surface area contributed by atoms with Crippen molar-refractivity contribution in [3.63, 3.8) is 0 Å². The lowest BCUT2D eigenvalue weighted by Gasteiger charge is -1.96. The first-order chi connectivity index (χ1) is 6.63. The molecule has 6 heteroatoms. The number of ether oxygens (including phenoxy) is 1. The molecule has 1 rings (SSSR count). The Morgan fingerprint density at radius 2 is 2.29 bits per heavy atom. The molecule has 0 N–H and O–H groups in total. The first kappa shape index (κ1) is 11.3. The molecule has 0 bridgehead atoms. The van der Waals surface area contributed by atoms with Gasteiger partial charge in [0, 0.05) is 11.8 Å². The van der Waals surface area contributed by atoms with Crippen LogP contribution in [0.3, 0.4) is 0 Å². The summed E-state index contributed by atoms with van der Waals surface area (Å²) < 4.78 is 5.07. The molecule has 1 aromatic rings. The summed E-state index contributed by atoms with van der Waals surface area (Å²) in [6.07, 6.45) is 0.249. The number of ketones is 1. The van der Waals surface area contributed by atoms with E-state index in [0.29, 0.717) is 9.61 Å². The summed E-state index contributed by atoms with van der Waals surface area (Å²) in [4.78, 5) is 26.1. The van der Waals surface area contributed by atoms with Crippen LogP contribution in [-0.4, -0.2) is 23.8 Å². The van der Waals surface area contributed by atoms with E-state index in [1.54, 1.807) is 5.38 Å². The van der Waals surface area contributed by atoms with Gasteiger partial charge in [-0.1, -0.05) is 0 Å². The third-order valence-electron chi connectivity index (χ3n) is 1.50. The summed E-state index contributed by atoms with van der Waals surface area (Å²) in [6.45, 7) is 0. The van der Waals surface area contributed by atoms with E-state index in [9.17, 15) is 9.59 Å². The van der Waals surface area contributed by atoms with Crippen molar-refractivity contribution >= 4 is 39.0 Å². The molecule has 4 nitrogen and oxygen atoms in total. The quantitative estimate of drug-likeness (QED) is 0.624. The lowest BCUT2D eigenvalue weighted by Crippen LogP contribution is -2.05. The molecule has 1 heterocycles. The fourth-order valence-electron chi connectivity index (χ4n) is 0.807. The SMILES string of the molecule is COC(=O)CCC(=O)c1nc(Br)cs1. The molecular formula is C8H8BrNO3S. The van der Waals surface area contributed by atoms with Gasteiger partial charge < -0.3 is 4.74 Å².